The Kier molecular flexibility index (Phi) is 6.40. The van der Waals surface area contributed by atoms with Crippen LogP contribution in [-0.4, -0.2) is 52.2 Å². The first-order valence-corrected chi connectivity index (χ1v) is 13.7. The Morgan fingerprint density at radius 2 is 2.00 bits per heavy atom. The summed E-state index contributed by atoms with van der Waals surface area (Å²) in [7, 11) is 0. The van der Waals surface area contributed by atoms with Gasteiger partial charge in [-0.15, -0.1) is 11.3 Å². The Morgan fingerprint density at radius 1 is 1.19 bits per heavy atom. The second-order valence-corrected chi connectivity index (χ2v) is 11.3. The van der Waals surface area contributed by atoms with Crippen LogP contribution in [0, 0.1) is 6.92 Å². The molecule has 0 unspecified atom stereocenters. The number of halogens is 2. The van der Waals surface area contributed by atoms with E-state index < -0.39 is 12.5 Å². The van der Waals surface area contributed by atoms with Gasteiger partial charge in [0.25, 0.3) is 6.43 Å². The third kappa shape index (κ3) is 4.40. The minimum Gasteiger partial charge on any atom is -0.465 e. The van der Waals surface area contributed by atoms with Crippen molar-refractivity contribution in [2.45, 2.75) is 58.0 Å². The van der Waals surface area contributed by atoms with E-state index in [0.29, 0.717) is 44.1 Å². The van der Waals surface area contributed by atoms with E-state index in [1.807, 2.05) is 30.0 Å². The van der Waals surface area contributed by atoms with Crippen molar-refractivity contribution in [3.05, 3.63) is 51.5 Å². The molecule has 1 saturated heterocycles. The molecule has 1 aromatic carbocycles. The summed E-state index contributed by atoms with van der Waals surface area (Å²) in [5.74, 6) is 0.702. The van der Waals surface area contributed by atoms with Crippen molar-refractivity contribution in [1.29, 1.82) is 0 Å². The Balaban J connectivity index is 1.47. The molecule has 3 aliphatic rings. The van der Waals surface area contributed by atoms with Gasteiger partial charge in [0, 0.05) is 70.6 Å². The van der Waals surface area contributed by atoms with Crippen molar-refractivity contribution in [3.63, 3.8) is 0 Å². The van der Waals surface area contributed by atoms with Crippen LogP contribution in [0.4, 0.5) is 25.1 Å². The number of rotatable bonds is 4. The normalized spacial score (nSPS) is 18.3. The number of aromatic nitrogens is 2. The van der Waals surface area contributed by atoms with Gasteiger partial charge in [-0.05, 0) is 62.4 Å². The standard InChI is InChI=1S/C27H30F2N4O3S/c1-16-4-5-24(37-16)19-13-17-3-2-9-32(23(17)14-20(19)25(28)29)26-21-15-31(27(34)35)10-6-22(21)33(30-26)18-7-11-36-12-8-18/h4-5,13-14,18,25H,2-3,6-12,15H2,1H3,(H,34,35). The van der Waals surface area contributed by atoms with Crippen LogP contribution in [-0.2, 0) is 24.1 Å². The molecule has 7 nitrogen and oxygen atoms in total. The maximum atomic E-state index is 14.4. The number of nitrogens with zero attached hydrogens (tertiary/aromatic N) is 4. The number of aryl methyl sites for hydroxylation is 2. The van der Waals surface area contributed by atoms with Gasteiger partial charge in [-0.2, -0.15) is 5.10 Å². The molecule has 3 aliphatic heterocycles. The molecule has 0 atom stereocenters. The lowest BCUT2D eigenvalue weighted by atomic mass is 9.94. The summed E-state index contributed by atoms with van der Waals surface area (Å²) in [6, 6.07) is 7.64. The first kappa shape index (κ1) is 24.4. The molecule has 0 saturated carbocycles. The molecule has 5 heterocycles. The van der Waals surface area contributed by atoms with Gasteiger partial charge in [0.2, 0.25) is 0 Å². The van der Waals surface area contributed by atoms with E-state index in [1.165, 1.54) is 16.2 Å². The Hall–Kier alpha value is -2.98. The van der Waals surface area contributed by atoms with Gasteiger partial charge in [-0.25, -0.2) is 13.6 Å². The minimum atomic E-state index is -2.61. The van der Waals surface area contributed by atoms with Crippen LogP contribution in [0.1, 0.15) is 59.0 Å². The summed E-state index contributed by atoms with van der Waals surface area (Å²) >= 11 is 1.53. The average molecular weight is 529 g/mol. The maximum Gasteiger partial charge on any atom is 0.407 e. The molecular formula is C27H30F2N4O3S. The SMILES string of the molecule is Cc1ccc(-c2cc3c(cc2C(F)F)N(c2nn(C4CCOCC4)c4c2CN(C(=O)O)CC4)CCC3)s1. The van der Waals surface area contributed by atoms with Crippen LogP contribution in [0.5, 0.6) is 0 Å². The summed E-state index contributed by atoms with van der Waals surface area (Å²) in [5.41, 5.74) is 4.36. The average Bonchev–Trinajstić information content (AvgIpc) is 3.51. The fourth-order valence-electron chi connectivity index (χ4n) is 5.88. The van der Waals surface area contributed by atoms with Gasteiger partial charge in [-0.3, -0.25) is 4.68 Å². The molecule has 196 valence electrons. The van der Waals surface area contributed by atoms with Gasteiger partial charge in [-0.1, -0.05) is 0 Å². The number of carboxylic acid groups (broad SMARTS) is 1. The van der Waals surface area contributed by atoms with Crippen LogP contribution < -0.4 is 4.90 Å². The first-order valence-electron chi connectivity index (χ1n) is 12.9. The second kappa shape index (κ2) is 9.72. The zero-order chi connectivity index (χ0) is 25.7. The van der Waals surface area contributed by atoms with E-state index in [1.54, 1.807) is 6.07 Å². The van der Waals surface area contributed by atoms with Gasteiger partial charge < -0.3 is 19.6 Å². The van der Waals surface area contributed by atoms with E-state index in [2.05, 4.69) is 4.68 Å². The fraction of sp³-hybridized carbons (Fsp3) is 0.481. The number of anilines is 2. The molecule has 1 amide bonds. The van der Waals surface area contributed by atoms with Crippen LogP contribution in [0.15, 0.2) is 24.3 Å². The summed E-state index contributed by atoms with van der Waals surface area (Å²) in [4.78, 5) is 17.2. The van der Waals surface area contributed by atoms with Crippen molar-refractivity contribution in [2.24, 2.45) is 0 Å². The van der Waals surface area contributed by atoms with E-state index in [9.17, 15) is 18.7 Å². The molecule has 37 heavy (non-hydrogen) atoms. The summed E-state index contributed by atoms with van der Waals surface area (Å²) in [6.45, 7) is 4.65. The lowest BCUT2D eigenvalue weighted by Crippen LogP contribution is -2.36. The number of alkyl halides is 2. The molecule has 2 aromatic heterocycles. The molecule has 3 aromatic rings. The predicted molar refractivity (Wildman–Crippen MR) is 138 cm³/mol. The number of carbonyl (C=O) groups is 1. The Bertz CT molecular complexity index is 1330. The summed E-state index contributed by atoms with van der Waals surface area (Å²) in [5, 5.41) is 14.8. The van der Waals surface area contributed by atoms with Crippen LogP contribution in [0.2, 0.25) is 0 Å². The highest BCUT2D eigenvalue weighted by atomic mass is 32.1. The number of hydrogen-bond donors (Lipinski definition) is 1. The molecule has 0 aliphatic carbocycles. The van der Waals surface area contributed by atoms with Crippen LogP contribution in [0.3, 0.4) is 0 Å². The quantitative estimate of drug-likeness (QED) is 0.429. The van der Waals surface area contributed by atoms with Gasteiger partial charge in [0.15, 0.2) is 5.82 Å². The Morgan fingerprint density at radius 3 is 2.70 bits per heavy atom. The van der Waals surface area contributed by atoms with Crippen molar-refractivity contribution >= 4 is 28.9 Å². The van der Waals surface area contributed by atoms with E-state index in [4.69, 9.17) is 9.84 Å². The minimum absolute atomic E-state index is 0.0254. The highest BCUT2D eigenvalue weighted by Crippen LogP contribution is 2.44. The zero-order valence-electron chi connectivity index (χ0n) is 20.8. The largest absolute Gasteiger partial charge is 0.465 e. The number of amides is 1. The second-order valence-electron chi connectivity index (χ2n) is 10.0. The van der Waals surface area contributed by atoms with E-state index in [-0.39, 0.29) is 18.2 Å². The number of hydrogen-bond acceptors (Lipinski definition) is 5. The van der Waals surface area contributed by atoms with Gasteiger partial charge in [0.05, 0.1) is 12.6 Å². The zero-order valence-corrected chi connectivity index (χ0v) is 21.6. The number of thiophene rings is 1. The lowest BCUT2D eigenvalue weighted by Gasteiger charge is -2.33. The van der Waals surface area contributed by atoms with E-state index in [0.717, 1.165) is 57.9 Å². The predicted octanol–water partition coefficient (Wildman–Crippen LogP) is 6.33. The molecule has 0 radical (unpaired) electrons. The fourth-order valence-corrected chi connectivity index (χ4v) is 6.79. The smallest absolute Gasteiger partial charge is 0.407 e. The monoisotopic (exact) mass is 528 g/mol. The maximum absolute atomic E-state index is 14.4. The molecule has 1 N–H and O–H groups in total. The van der Waals surface area contributed by atoms with Crippen LogP contribution >= 0.6 is 11.3 Å². The highest BCUT2D eigenvalue weighted by Gasteiger charge is 2.34. The van der Waals surface area contributed by atoms with Crippen LogP contribution in [0.25, 0.3) is 10.4 Å². The number of benzene rings is 1. The molecule has 1 fully saturated rings. The van der Waals surface area contributed by atoms with Crippen molar-refractivity contribution in [3.8, 4) is 10.4 Å². The van der Waals surface area contributed by atoms with E-state index >= 15 is 0 Å². The van der Waals surface area contributed by atoms with Gasteiger partial charge >= 0.3 is 6.09 Å². The van der Waals surface area contributed by atoms with Gasteiger partial charge in [0.1, 0.15) is 0 Å². The number of fused-ring (bicyclic) bond motifs is 2. The molecular weight excluding hydrogens is 498 g/mol. The molecule has 6 rings (SSSR count). The van der Waals surface area contributed by atoms with Crippen molar-refractivity contribution in [2.75, 3.05) is 31.2 Å². The topological polar surface area (TPSA) is 70.8 Å². The Labute approximate surface area is 218 Å². The third-order valence-corrected chi connectivity index (χ3v) is 8.77. The van der Waals surface area contributed by atoms with Crippen molar-refractivity contribution in [1.82, 2.24) is 14.7 Å². The molecule has 10 heteroatoms. The third-order valence-electron chi connectivity index (χ3n) is 7.74. The highest BCUT2D eigenvalue weighted by molar-refractivity contribution is 7.15. The number of ether oxygens (including phenoxy) is 1. The molecule has 0 spiro atoms. The first-order chi connectivity index (χ1) is 17.9. The lowest BCUT2D eigenvalue weighted by molar-refractivity contribution is 0.0650. The summed E-state index contributed by atoms with van der Waals surface area (Å²) in [6.07, 6.45) is 0.402. The molecule has 0 bridgehead atoms. The van der Waals surface area contributed by atoms with Crippen molar-refractivity contribution < 1.29 is 23.4 Å². The summed E-state index contributed by atoms with van der Waals surface area (Å²) < 4.78 is 36.4.